The van der Waals surface area contributed by atoms with E-state index in [9.17, 15) is 4.79 Å². The molecular formula is C11H19NO2. The van der Waals surface area contributed by atoms with Crippen molar-refractivity contribution in [3.05, 3.63) is 0 Å². The Hall–Kier alpha value is -0.570. The average molecular weight is 197 g/mol. The van der Waals surface area contributed by atoms with Crippen LogP contribution >= 0.6 is 0 Å². The Morgan fingerprint density at radius 3 is 2.86 bits per heavy atom. The third-order valence-electron chi connectivity index (χ3n) is 4.39. The van der Waals surface area contributed by atoms with Gasteiger partial charge in [-0.25, -0.2) is 0 Å². The summed E-state index contributed by atoms with van der Waals surface area (Å²) in [6.07, 6.45) is 4.88. The van der Waals surface area contributed by atoms with Crippen molar-refractivity contribution in [3.63, 3.8) is 0 Å². The largest absolute Gasteiger partial charge is 0.481 e. The molecule has 4 atom stereocenters. The van der Waals surface area contributed by atoms with E-state index in [0.717, 1.165) is 6.42 Å². The second-order valence-corrected chi connectivity index (χ2v) is 5.15. The molecule has 4 unspecified atom stereocenters. The lowest BCUT2D eigenvalue weighted by atomic mass is 9.82. The number of fused-ring (bicyclic) bond motifs is 1. The van der Waals surface area contributed by atoms with E-state index in [1.165, 1.54) is 19.3 Å². The molecule has 2 aliphatic carbocycles. The van der Waals surface area contributed by atoms with Crippen LogP contribution in [0.5, 0.6) is 0 Å². The van der Waals surface area contributed by atoms with Crippen molar-refractivity contribution in [2.45, 2.75) is 44.6 Å². The number of carboxylic acid groups (broad SMARTS) is 1. The van der Waals surface area contributed by atoms with Crippen LogP contribution in [0.3, 0.4) is 0 Å². The standard InChI is InChI=1S/C11H19NO2/c1-7-9-4-2-3-8(9)5-11(7,12)6-10(13)14/h7-9H,2-6,12H2,1H3,(H,13,14). The number of nitrogens with two attached hydrogens (primary N) is 1. The molecule has 0 aliphatic heterocycles. The molecule has 3 N–H and O–H groups in total. The van der Waals surface area contributed by atoms with Gasteiger partial charge in [0.25, 0.3) is 0 Å². The van der Waals surface area contributed by atoms with Crippen LogP contribution in [0.1, 0.15) is 39.0 Å². The SMILES string of the molecule is CC1C2CCCC2CC1(N)CC(=O)O. The van der Waals surface area contributed by atoms with E-state index in [1.807, 2.05) is 0 Å². The van der Waals surface area contributed by atoms with Crippen molar-refractivity contribution in [2.75, 3.05) is 0 Å². The molecule has 2 aliphatic rings. The Morgan fingerprint density at radius 1 is 1.57 bits per heavy atom. The molecule has 2 rings (SSSR count). The first-order chi connectivity index (χ1) is 6.53. The summed E-state index contributed by atoms with van der Waals surface area (Å²) in [5.41, 5.74) is 5.78. The Labute approximate surface area is 84.7 Å². The van der Waals surface area contributed by atoms with Gasteiger partial charge in [0.2, 0.25) is 0 Å². The Morgan fingerprint density at radius 2 is 2.29 bits per heavy atom. The fourth-order valence-corrected chi connectivity index (χ4v) is 3.59. The van der Waals surface area contributed by atoms with Gasteiger partial charge in [-0.2, -0.15) is 0 Å². The molecule has 3 nitrogen and oxygen atoms in total. The smallest absolute Gasteiger partial charge is 0.305 e. The zero-order valence-corrected chi connectivity index (χ0v) is 8.70. The molecule has 0 amide bonds. The number of hydrogen-bond donors (Lipinski definition) is 2. The fraction of sp³-hybridized carbons (Fsp3) is 0.909. The lowest BCUT2D eigenvalue weighted by Crippen LogP contribution is -2.45. The zero-order valence-electron chi connectivity index (χ0n) is 8.70. The van der Waals surface area contributed by atoms with Crippen molar-refractivity contribution in [1.82, 2.24) is 0 Å². The van der Waals surface area contributed by atoms with E-state index in [2.05, 4.69) is 6.92 Å². The molecule has 2 saturated carbocycles. The van der Waals surface area contributed by atoms with Crippen LogP contribution in [0.2, 0.25) is 0 Å². The second-order valence-electron chi connectivity index (χ2n) is 5.15. The summed E-state index contributed by atoms with van der Waals surface area (Å²) in [4.78, 5) is 10.7. The van der Waals surface area contributed by atoms with Gasteiger partial charge in [-0.1, -0.05) is 19.8 Å². The van der Waals surface area contributed by atoms with Gasteiger partial charge in [0, 0.05) is 5.54 Å². The maximum Gasteiger partial charge on any atom is 0.305 e. The number of aliphatic carboxylic acids is 1. The summed E-state index contributed by atoms with van der Waals surface area (Å²) < 4.78 is 0. The van der Waals surface area contributed by atoms with Gasteiger partial charge in [0.05, 0.1) is 6.42 Å². The molecule has 3 heteroatoms. The third kappa shape index (κ3) is 1.44. The van der Waals surface area contributed by atoms with Crippen molar-refractivity contribution >= 4 is 5.97 Å². The summed E-state index contributed by atoms with van der Waals surface area (Å²) in [6, 6.07) is 0. The van der Waals surface area contributed by atoms with E-state index in [4.69, 9.17) is 10.8 Å². The highest BCUT2D eigenvalue weighted by molar-refractivity contribution is 5.68. The minimum absolute atomic E-state index is 0.140. The molecule has 14 heavy (non-hydrogen) atoms. The maximum absolute atomic E-state index is 10.7. The first-order valence-corrected chi connectivity index (χ1v) is 5.53. The summed E-state index contributed by atoms with van der Waals surface area (Å²) in [7, 11) is 0. The van der Waals surface area contributed by atoms with E-state index < -0.39 is 11.5 Å². The van der Waals surface area contributed by atoms with Crippen LogP contribution in [0.25, 0.3) is 0 Å². The molecule has 0 radical (unpaired) electrons. The number of rotatable bonds is 2. The number of carboxylic acids is 1. The highest BCUT2D eigenvalue weighted by Crippen LogP contribution is 2.52. The second kappa shape index (κ2) is 3.23. The van der Waals surface area contributed by atoms with E-state index in [1.54, 1.807) is 0 Å². The van der Waals surface area contributed by atoms with Gasteiger partial charge < -0.3 is 10.8 Å². The highest BCUT2D eigenvalue weighted by Gasteiger charge is 2.51. The van der Waals surface area contributed by atoms with Gasteiger partial charge in [0.15, 0.2) is 0 Å². The van der Waals surface area contributed by atoms with Crippen LogP contribution in [0.4, 0.5) is 0 Å². The molecular weight excluding hydrogens is 178 g/mol. The van der Waals surface area contributed by atoms with Crippen LogP contribution in [0.15, 0.2) is 0 Å². The van der Waals surface area contributed by atoms with Crippen molar-refractivity contribution < 1.29 is 9.90 Å². The van der Waals surface area contributed by atoms with E-state index >= 15 is 0 Å². The predicted molar refractivity (Wildman–Crippen MR) is 53.8 cm³/mol. The predicted octanol–water partition coefficient (Wildman–Crippen LogP) is 1.61. The Bertz CT molecular complexity index is 254. The quantitative estimate of drug-likeness (QED) is 0.707. The van der Waals surface area contributed by atoms with Crippen LogP contribution in [-0.2, 0) is 4.79 Å². The average Bonchev–Trinajstić information content (AvgIpc) is 2.55. The van der Waals surface area contributed by atoms with Crippen molar-refractivity contribution in [3.8, 4) is 0 Å². The molecule has 0 aromatic heterocycles. The monoisotopic (exact) mass is 197 g/mol. The lowest BCUT2D eigenvalue weighted by Gasteiger charge is -2.29. The summed E-state index contributed by atoms with van der Waals surface area (Å²) in [6.45, 7) is 2.14. The normalized spacial score (nSPS) is 46.6. The molecule has 80 valence electrons. The van der Waals surface area contributed by atoms with Gasteiger partial charge in [0.1, 0.15) is 0 Å². The minimum atomic E-state index is -0.751. The first kappa shape index (κ1) is 9.97. The van der Waals surface area contributed by atoms with Gasteiger partial charge >= 0.3 is 5.97 Å². The maximum atomic E-state index is 10.7. The molecule has 2 fully saturated rings. The molecule has 0 aromatic rings. The molecule has 0 saturated heterocycles. The number of carbonyl (C=O) groups is 1. The third-order valence-corrected chi connectivity index (χ3v) is 4.39. The van der Waals surface area contributed by atoms with Gasteiger partial charge in [-0.15, -0.1) is 0 Å². The topological polar surface area (TPSA) is 63.3 Å². The molecule has 0 bridgehead atoms. The van der Waals surface area contributed by atoms with E-state index in [0.29, 0.717) is 17.8 Å². The Balaban J connectivity index is 2.11. The first-order valence-electron chi connectivity index (χ1n) is 5.53. The van der Waals surface area contributed by atoms with E-state index in [-0.39, 0.29) is 6.42 Å². The van der Waals surface area contributed by atoms with Crippen LogP contribution < -0.4 is 5.73 Å². The highest BCUT2D eigenvalue weighted by atomic mass is 16.4. The fourth-order valence-electron chi connectivity index (χ4n) is 3.59. The van der Waals surface area contributed by atoms with Crippen LogP contribution in [-0.4, -0.2) is 16.6 Å². The lowest BCUT2D eigenvalue weighted by molar-refractivity contribution is -0.138. The van der Waals surface area contributed by atoms with Crippen LogP contribution in [0, 0.1) is 17.8 Å². The summed E-state index contributed by atoms with van der Waals surface area (Å²) >= 11 is 0. The molecule has 0 heterocycles. The molecule has 0 spiro atoms. The summed E-state index contributed by atoms with van der Waals surface area (Å²) in [5.74, 6) is 1.03. The van der Waals surface area contributed by atoms with Gasteiger partial charge in [-0.3, -0.25) is 4.79 Å². The summed E-state index contributed by atoms with van der Waals surface area (Å²) in [5, 5.41) is 8.84. The van der Waals surface area contributed by atoms with Crippen molar-refractivity contribution in [2.24, 2.45) is 23.5 Å². The van der Waals surface area contributed by atoms with Gasteiger partial charge in [-0.05, 0) is 30.6 Å². The van der Waals surface area contributed by atoms with Crippen molar-refractivity contribution in [1.29, 1.82) is 0 Å². The molecule has 0 aromatic carbocycles. The zero-order chi connectivity index (χ0) is 10.3. The minimum Gasteiger partial charge on any atom is -0.481 e. The Kier molecular flexibility index (Phi) is 2.30. The number of hydrogen-bond acceptors (Lipinski definition) is 2.